The Morgan fingerprint density at radius 3 is 1.82 bits per heavy atom. The molecule has 0 unspecified atom stereocenters. The van der Waals surface area contributed by atoms with Gasteiger partial charge in [0, 0.05) is 16.8 Å². The van der Waals surface area contributed by atoms with Crippen LogP contribution < -0.4 is 10.1 Å². The van der Waals surface area contributed by atoms with Crippen LogP contribution in [0.3, 0.4) is 0 Å². The van der Waals surface area contributed by atoms with Gasteiger partial charge in [0.1, 0.15) is 11.4 Å². The third kappa shape index (κ3) is 2.55. The summed E-state index contributed by atoms with van der Waals surface area (Å²) in [7, 11) is 1.46. The van der Waals surface area contributed by atoms with Crippen LogP contribution in [0.15, 0.2) is 48.5 Å². The molecule has 7 heteroatoms. The second-order valence-corrected chi connectivity index (χ2v) is 6.12. The van der Waals surface area contributed by atoms with Gasteiger partial charge in [-0.3, -0.25) is 9.59 Å². The van der Waals surface area contributed by atoms with Crippen molar-refractivity contribution in [2.45, 2.75) is 0 Å². The molecule has 0 spiro atoms. The summed E-state index contributed by atoms with van der Waals surface area (Å²) in [5.74, 6) is -5.76. The van der Waals surface area contributed by atoms with Gasteiger partial charge in [-0.15, -0.1) is 0 Å². The number of ether oxygens (including phenoxy) is 1. The topological polar surface area (TPSA) is 55.4 Å². The second-order valence-electron chi connectivity index (χ2n) is 6.12. The summed E-state index contributed by atoms with van der Waals surface area (Å²) in [5, 5.41) is 2.43. The lowest BCUT2D eigenvalue weighted by Crippen LogP contribution is -2.25. The molecule has 0 fully saturated rings. The molecule has 0 saturated heterocycles. The minimum Gasteiger partial charge on any atom is -0.497 e. The Morgan fingerprint density at radius 1 is 0.750 bits per heavy atom. The number of hydrogen-bond donors (Lipinski definition) is 1. The first-order chi connectivity index (χ1) is 13.4. The highest BCUT2D eigenvalue weighted by Gasteiger charge is 2.38. The predicted molar refractivity (Wildman–Crippen MR) is 95.9 cm³/mol. The SMILES string of the molecule is COc1ccc(Nc2c(F)c(F)c3c(c2F)C(=O)c2ccccc2C3=O)cc1. The van der Waals surface area contributed by atoms with Crippen LogP contribution in [0.2, 0.25) is 0 Å². The number of carbonyl (C=O) groups excluding carboxylic acids is 2. The van der Waals surface area contributed by atoms with Crippen molar-refractivity contribution >= 4 is 22.9 Å². The highest BCUT2D eigenvalue weighted by atomic mass is 19.2. The third-order valence-electron chi connectivity index (χ3n) is 4.55. The van der Waals surface area contributed by atoms with Crippen molar-refractivity contribution in [2.24, 2.45) is 0 Å². The molecule has 4 rings (SSSR count). The van der Waals surface area contributed by atoms with Crippen molar-refractivity contribution in [1.82, 2.24) is 0 Å². The van der Waals surface area contributed by atoms with Gasteiger partial charge in [0.2, 0.25) is 0 Å². The summed E-state index contributed by atoms with van der Waals surface area (Å²) in [5.41, 5.74) is -2.42. The Morgan fingerprint density at radius 2 is 1.29 bits per heavy atom. The summed E-state index contributed by atoms with van der Waals surface area (Å²) >= 11 is 0. The Hall–Kier alpha value is -3.61. The van der Waals surface area contributed by atoms with Crippen LogP contribution in [0.4, 0.5) is 24.5 Å². The van der Waals surface area contributed by atoms with E-state index < -0.39 is 45.8 Å². The fraction of sp³-hybridized carbons (Fsp3) is 0.0476. The Balaban J connectivity index is 1.88. The van der Waals surface area contributed by atoms with Crippen LogP contribution in [-0.4, -0.2) is 18.7 Å². The van der Waals surface area contributed by atoms with Gasteiger partial charge in [-0.25, -0.2) is 13.2 Å². The molecule has 0 bridgehead atoms. The number of hydrogen-bond acceptors (Lipinski definition) is 4. The van der Waals surface area contributed by atoms with E-state index in [1.807, 2.05) is 0 Å². The molecule has 0 atom stereocenters. The summed E-state index contributed by atoms with van der Waals surface area (Å²) in [6.07, 6.45) is 0. The van der Waals surface area contributed by atoms with Gasteiger partial charge in [0.25, 0.3) is 0 Å². The van der Waals surface area contributed by atoms with E-state index in [9.17, 15) is 18.4 Å². The molecule has 3 aromatic rings. The molecule has 1 N–H and O–H groups in total. The molecular formula is C21H12F3NO3. The molecular weight excluding hydrogens is 371 g/mol. The average molecular weight is 383 g/mol. The van der Waals surface area contributed by atoms with Gasteiger partial charge in [0.05, 0.1) is 18.2 Å². The fourth-order valence-electron chi connectivity index (χ4n) is 3.16. The maximum absolute atomic E-state index is 15.1. The monoisotopic (exact) mass is 383 g/mol. The van der Waals surface area contributed by atoms with Crippen molar-refractivity contribution < 1.29 is 27.5 Å². The molecule has 0 saturated carbocycles. The molecule has 1 aliphatic rings. The summed E-state index contributed by atoms with van der Waals surface area (Å²) in [6.45, 7) is 0. The lowest BCUT2D eigenvalue weighted by molar-refractivity contribution is 0.0971. The van der Waals surface area contributed by atoms with Crippen molar-refractivity contribution in [3.63, 3.8) is 0 Å². The number of methoxy groups -OCH3 is 1. The van der Waals surface area contributed by atoms with Crippen molar-refractivity contribution in [2.75, 3.05) is 12.4 Å². The predicted octanol–water partition coefficient (Wildman–Crippen LogP) is 4.63. The molecule has 3 aromatic carbocycles. The molecule has 140 valence electrons. The van der Waals surface area contributed by atoms with Gasteiger partial charge in [-0.05, 0) is 24.3 Å². The third-order valence-corrected chi connectivity index (χ3v) is 4.55. The van der Waals surface area contributed by atoms with E-state index in [-0.39, 0.29) is 16.8 Å². The number of ketones is 2. The van der Waals surface area contributed by atoms with Crippen LogP contribution in [0.1, 0.15) is 31.8 Å². The van der Waals surface area contributed by atoms with E-state index >= 15 is 4.39 Å². The highest BCUT2D eigenvalue weighted by Crippen LogP contribution is 2.37. The van der Waals surface area contributed by atoms with Crippen LogP contribution in [0.5, 0.6) is 5.75 Å². The number of fused-ring (bicyclic) bond motifs is 2. The van der Waals surface area contributed by atoms with Crippen LogP contribution in [0, 0.1) is 17.5 Å². The smallest absolute Gasteiger partial charge is 0.197 e. The molecule has 28 heavy (non-hydrogen) atoms. The maximum Gasteiger partial charge on any atom is 0.197 e. The van der Waals surface area contributed by atoms with Gasteiger partial charge >= 0.3 is 0 Å². The van der Waals surface area contributed by atoms with Crippen LogP contribution in [-0.2, 0) is 0 Å². The fourth-order valence-corrected chi connectivity index (χ4v) is 3.16. The second kappa shape index (κ2) is 6.53. The first-order valence-electron chi connectivity index (χ1n) is 8.24. The molecule has 1 aliphatic carbocycles. The highest BCUT2D eigenvalue weighted by molar-refractivity contribution is 6.28. The summed E-state index contributed by atoms with van der Waals surface area (Å²) in [4.78, 5) is 25.3. The normalized spacial score (nSPS) is 12.4. The lowest BCUT2D eigenvalue weighted by Gasteiger charge is -2.21. The first-order valence-corrected chi connectivity index (χ1v) is 8.24. The molecule has 0 heterocycles. The minimum absolute atomic E-state index is 0.0553. The van der Waals surface area contributed by atoms with Crippen molar-refractivity contribution in [3.05, 3.63) is 88.2 Å². The summed E-state index contributed by atoms with van der Waals surface area (Å²) in [6, 6.07) is 11.7. The zero-order valence-electron chi connectivity index (χ0n) is 14.5. The lowest BCUT2D eigenvalue weighted by atomic mass is 9.83. The maximum atomic E-state index is 15.1. The standard InChI is InChI=1S/C21H12F3NO3/c1-28-11-8-6-10(7-9-11)25-19-17(23)15-14(16(22)18(19)24)20(26)12-4-2-3-5-13(12)21(15)27/h2-9,25H,1H3. The van der Waals surface area contributed by atoms with Crippen molar-refractivity contribution in [1.29, 1.82) is 0 Å². The summed E-state index contributed by atoms with van der Waals surface area (Å²) < 4.78 is 49.4. The van der Waals surface area contributed by atoms with E-state index in [1.54, 1.807) is 0 Å². The van der Waals surface area contributed by atoms with E-state index in [1.165, 1.54) is 55.6 Å². The van der Waals surface area contributed by atoms with Crippen molar-refractivity contribution in [3.8, 4) is 5.75 Å². The minimum atomic E-state index is -1.58. The number of benzene rings is 3. The Bertz CT molecular complexity index is 1140. The molecule has 0 aliphatic heterocycles. The zero-order chi connectivity index (χ0) is 20.0. The number of halogens is 3. The van der Waals surface area contributed by atoms with E-state index in [0.29, 0.717) is 5.75 Å². The molecule has 0 radical (unpaired) electrons. The average Bonchev–Trinajstić information content (AvgIpc) is 2.72. The Kier molecular flexibility index (Phi) is 4.15. The number of rotatable bonds is 3. The van der Waals surface area contributed by atoms with E-state index in [2.05, 4.69) is 5.32 Å². The first kappa shape index (κ1) is 17.8. The Labute approximate surface area is 157 Å². The van der Waals surface area contributed by atoms with Gasteiger partial charge in [-0.1, -0.05) is 24.3 Å². The molecule has 0 aromatic heterocycles. The molecule has 4 nitrogen and oxygen atoms in total. The van der Waals surface area contributed by atoms with Gasteiger partial charge in [0.15, 0.2) is 29.0 Å². The largest absolute Gasteiger partial charge is 0.497 e. The number of anilines is 2. The molecule has 0 amide bonds. The van der Waals surface area contributed by atoms with E-state index in [0.717, 1.165) is 0 Å². The van der Waals surface area contributed by atoms with E-state index in [4.69, 9.17) is 4.74 Å². The number of carbonyl (C=O) groups is 2. The van der Waals surface area contributed by atoms with Crippen LogP contribution in [0.25, 0.3) is 0 Å². The number of nitrogens with one attached hydrogen (secondary N) is 1. The zero-order valence-corrected chi connectivity index (χ0v) is 14.5. The van der Waals surface area contributed by atoms with Crippen LogP contribution >= 0.6 is 0 Å². The van der Waals surface area contributed by atoms with Gasteiger partial charge in [-0.2, -0.15) is 0 Å². The van der Waals surface area contributed by atoms with Gasteiger partial charge < -0.3 is 10.1 Å². The quantitative estimate of drug-likeness (QED) is 0.524.